The molecule has 10 heteroatoms. The van der Waals surface area contributed by atoms with E-state index < -0.39 is 11.6 Å². The molecule has 0 saturated heterocycles. The van der Waals surface area contributed by atoms with E-state index in [0.29, 0.717) is 0 Å². The van der Waals surface area contributed by atoms with E-state index in [1.165, 1.54) is 4.68 Å². The molecule has 1 heterocycles. The van der Waals surface area contributed by atoms with Crippen LogP contribution >= 0.6 is 11.8 Å². The zero-order chi connectivity index (χ0) is 14.0. The van der Waals surface area contributed by atoms with Crippen molar-refractivity contribution in [3.8, 4) is 0 Å². The van der Waals surface area contributed by atoms with Gasteiger partial charge in [0.1, 0.15) is 11.6 Å². The maximum Gasteiger partial charge on any atom is 0.214 e. The molecule has 0 aliphatic heterocycles. The van der Waals surface area contributed by atoms with Crippen molar-refractivity contribution in [2.75, 3.05) is 0 Å². The molecule has 0 bridgehead atoms. The van der Waals surface area contributed by atoms with Gasteiger partial charge in [-0.15, -0.1) is 5.10 Å². The monoisotopic (exact) mass is 286 g/mol. The van der Waals surface area contributed by atoms with Gasteiger partial charge in [0.25, 0.3) is 0 Å². The highest BCUT2D eigenvalue weighted by atomic mass is 32.2. The molecule has 0 fully saturated rings. The van der Waals surface area contributed by atoms with Crippen molar-refractivity contribution in [3.05, 3.63) is 29.3 Å². The molecule has 3 N–H and O–H groups in total. The van der Waals surface area contributed by atoms with E-state index in [2.05, 4.69) is 20.7 Å². The van der Waals surface area contributed by atoms with Gasteiger partial charge in [0.2, 0.25) is 5.16 Å². The fraction of sp³-hybridized carbons (Fsp3) is 0.111. The second kappa shape index (κ2) is 5.18. The average Bonchev–Trinajstić information content (AvgIpc) is 2.78. The Kier molecular flexibility index (Phi) is 3.60. The van der Waals surface area contributed by atoms with Crippen LogP contribution in [0.5, 0.6) is 0 Å². The van der Waals surface area contributed by atoms with Crippen LogP contribution in [0.25, 0.3) is 0 Å². The van der Waals surface area contributed by atoms with Crippen LogP contribution in [0.15, 0.2) is 27.3 Å². The zero-order valence-electron chi connectivity index (χ0n) is 9.58. The molecular weight excluding hydrogens is 278 g/mol. The van der Waals surface area contributed by atoms with Crippen LogP contribution in [0.1, 0.15) is 5.56 Å². The molecule has 0 aliphatic rings. The van der Waals surface area contributed by atoms with Crippen molar-refractivity contribution in [1.82, 2.24) is 20.2 Å². The third kappa shape index (κ3) is 2.62. The van der Waals surface area contributed by atoms with E-state index in [0.717, 1.165) is 23.9 Å². The highest BCUT2D eigenvalue weighted by Crippen LogP contribution is 2.30. The first-order chi connectivity index (χ1) is 9.02. The standard InChI is InChI=1S/C9H8F2N6OS/c1-17-9(13-15-16-17)19-7-5(10)2-4(3-6(7)11)8(12)14-18/h2-3,18H,1H3,(H2,12,14). The molecule has 0 spiro atoms. The van der Waals surface area contributed by atoms with Gasteiger partial charge < -0.3 is 10.9 Å². The lowest BCUT2D eigenvalue weighted by molar-refractivity contribution is 0.318. The SMILES string of the molecule is Cn1nnnc1Sc1c(F)cc(C(N)=NO)cc1F. The van der Waals surface area contributed by atoms with E-state index in [9.17, 15) is 8.78 Å². The van der Waals surface area contributed by atoms with Gasteiger partial charge in [0.05, 0.1) is 4.90 Å². The van der Waals surface area contributed by atoms with Gasteiger partial charge in [-0.05, 0) is 34.3 Å². The second-order valence-electron chi connectivity index (χ2n) is 3.44. The van der Waals surface area contributed by atoms with Crippen molar-refractivity contribution < 1.29 is 14.0 Å². The molecule has 1 aromatic heterocycles. The van der Waals surface area contributed by atoms with Gasteiger partial charge in [-0.2, -0.15) is 0 Å². The molecule has 7 nitrogen and oxygen atoms in total. The van der Waals surface area contributed by atoms with E-state index in [-0.39, 0.29) is 21.5 Å². The lowest BCUT2D eigenvalue weighted by Gasteiger charge is -2.06. The van der Waals surface area contributed by atoms with Crippen molar-refractivity contribution >= 4 is 17.6 Å². The summed E-state index contributed by atoms with van der Waals surface area (Å²) >= 11 is 0.736. The largest absolute Gasteiger partial charge is 0.409 e. The van der Waals surface area contributed by atoms with Gasteiger partial charge in [-0.25, -0.2) is 13.5 Å². The van der Waals surface area contributed by atoms with Gasteiger partial charge >= 0.3 is 0 Å². The summed E-state index contributed by atoms with van der Waals surface area (Å²) in [6.45, 7) is 0. The lowest BCUT2D eigenvalue weighted by atomic mass is 10.2. The van der Waals surface area contributed by atoms with Gasteiger partial charge in [0, 0.05) is 12.6 Å². The van der Waals surface area contributed by atoms with Crippen LogP contribution in [0, 0.1) is 11.6 Å². The Balaban J connectivity index is 2.40. The smallest absolute Gasteiger partial charge is 0.214 e. The summed E-state index contributed by atoms with van der Waals surface area (Å²) in [4.78, 5) is -0.271. The average molecular weight is 286 g/mol. The Morgan fingerprint density at radius 2 is 2.05 bits per heavy atom. The topological polar surface area (TPSA) is 102 Å². The summed E-state index contributed by atoms with van der Waals surface area (Å²) < 4.78 is 28.9. The number of benzene rings is 1. The quantitative estimate of drug-likeness (QED) is 0.373. The molecule has 19 heavy (non-hydrogen) atoms. The Hall–Kier alpha value is -2.23. The summed E-state index contributed by atoms with van der Waals surface area (Å²) in [5, 5.41) is 21.9. The van der Waals surface area contributed by atoms with E-state index in [1.807, 2.05) is 0 Å². The number of halogens is 2. The summed E-state index contributed by atoms with van der Waals surface area (Å²) in [7, 11) is 1.54. The first-order valence-corrected chi connectivity index (χ1v) is 5.71. The zero-order valence-corrected chi connectivity index (χ0v) is 10.4. The molecule has 2 aromatic rings. The minimum atomic E-state index is -0.852. The number of rotatable bonds is 3. The number of tetrazole rings is 1. The van der Waals surface area contributed by atoms with E-state index in [4.69, 9.17) is 10.9 Å². The number of aromatic nitrogens is 4. The van der Waals surface area contributed by atoms with Crippen molar-refractivity contribution in [1.29, 1.82) is 0 Å². The number of nitrogens with two attached hydrogens (primary N) is 1. The first-order valence-electron chi connectivity index (χ1n) is 4.90. The van der Waals surface area contributed by atoms with Crippen LogP contribution in [-0.4, -0.2) is 31.3 Å². The second-order valence-corrected chi connectivity index (χ2v) is 4.42. The minimum Gasteiger partial charge on any atom is -0.409 e. The number of hydrogen-bond acceptors (Lipinski definition) is 6. The third-order valence-electron chi connectivity index (χ3n) is 2.18. The molecular formula is C9H8F2N6OS. The predicted octanol–water partition coefficient (Wildman–Crippen LogP) is 0.734. The van der Waals surface area contributed by atoms with Crippen LogP contribution in [0.4, 0.5) is 8.78 Å². The highest BCUT2D eigenvalue weighted by Gasteiger charge is 2.17. The number of nitrogens with zero attached hydrogens (tertiary/aromatic N) is 5. The molecule has 2 rings (SSSR count). The minimum absolute atomic E-state index is 0.0575. The summed E-state index contributed by atoms with van der Waals surface area (Å²) in [6.07, 6.45) is 0. The first kappa shape index (κ1) is 13.2. The Morgan fingerprint density at radius 1 is 1.42 bits per heavy atom. The highest BCUT2D eigenvalue weighted by molar-refractivity contribution is 7.99. The third-order valence-corrected chi connectivity index (χ3v) is 3.30. The molecule has 0 saturated carbocycles. The number of oxime groups is 1. The predicted molar refractivity (Wildman–Crippen MR) is 61.8 cm³/mol. The van der Waals surface area contributed by atoms with Crippen LogP contribution < -0.4 is 5.73 Å². The molecule has 100 valence electrons. The van der Waals surface area contributed by atoms with E-state index >= 15 is 0 Å². The molecule has 0 aliphatic carbocycles. The van der Waals surface area contributed by atoms with Crippen LogP contribution in [0.3, 0.4) is 0 Å². The fourth-order valence-corrected chi connectivity index (χ4v) is 2.00. The summed E-state index contributed by atoms with van der Waals surface area (Å²) in [6, 6.07) is 1.93. The van der Waals surface area contributed by atoms with Gasteiger partial charge in [0.15, 0.2) is 5.84 Å². The van der Waals surface area contributed by atoms with Gasteiger partial charge in [-0.3, -0.25) is 0 Å². The summed E-state index contributed by atoms with van der Waals surface area (Å²) in [5.74, 6) is -2.08. The van der Waals surface area contributed by atoms with E-state index in [1.54, 1.807) is 7.05 Å². The molecule has 1 aromatic carbocycles. The molecule has 0 amide bonds. The maximum atomic E-state index is 13.8. The normalized spacial score (nSPS) is 11.8. The number of amidine groups is 1. The van der Waals surface area contributed by atoms with Crippen LogP contribution in [-0.2, 0) is 7.05 Å². The van der Waals surface area contributed by atoms with Crippen LogP contribution in [0.2, 0.25) is 0 Å². The molecule has 0 radical (unpaired) electrons. The Morgan fingerprint density at radius 3 is 2.53 bits per heavy atom. The number of aryl methyl sites for hydroxylation is 1. The fourth-order valence-electron chi connectivity index (χ4n) is 1.26. The van der Waals surface area contributed by atoms with Crippen molar-refractivity contribution in [2.45, 2.75) is 10.1 Å². The van der Waals surface area contributed by atoms with Crippen molar-refractivity contribution in [2.24, 2.45) is 17.9 Å². The maximum absolute atomic E-state index is 13.8. The van der Waals surface area contributed by atoms with Gasteiger partial charge in [-0.1, -0.05) is 5.16 Å². The number of hydrogen-bond donors (Lipinski definition) is 2. The Bertz CT molecular complexity index is 620. The van der Waals surface area contributed by atoms with Crippen molar-refractivity contribution in [3.63, 3.8) is 0 Å². The lowest BCUT2D eigenvalue weighted by Crippen LogP contribution is -2.14. The summed E-state index contributed by atoms with van der Waals surface area (Å²) in [5.41, 5.74) is 5.21. The molecule has 0 atom stereocenters. The molecule has 0 unspecified atom stereocenters. The Labute approximate surface area is 110 Å².